The lowest BCUT2D eigenvalue weighted by atomic mass is 9.99. The molecule has 0 aliphatic heterocycles. The minimum atomic E-state index is -0.519. The van der Waals surface area contributed by atoms with Crippen molar-refractivity contribution in [3.05, 3.63) is 60.2 Å². The van der Waals surface area contributed by atoms with E-state index in [9.17, 15) is 0 Å². The highest BCUT2D eigenvalue weighted by molar-refractivity contribution is 5.63. The molecule has 0 bridgehead atoms. The molecule has 0 heteroatoms. The minimum Gasteiger partial charge on any atom is -0.0622 e. The molecule has 0 fully saturated rings. The van der Waals surface area contributed by atoms with Crippen molar-refractivity contribution in [3.63, 3.8) is 0 Å². The van der Waals surface area contributed by atoms with Crippen LogP contribution in [0.2, 0.25) is 0 Å². The topological polar surface area (TPSA) is 0 Å². The van der Waals surface area contributed by atoms with Crippen LogP contribution in [0.4, 0.5) is 0 Å². The standard InChI is InChI=1S/C15H16/c1-12(2)13-8-10-15(11-9-13)14-6-4-3-5-7-14/h3-12H,1-2H3/i12D. The Morgan fingerprint density at radius 2 is 1.33 bits per heavy atom. The predicted molar refractivity (Wildman–Crippen MR) is 66.0 cm³/mol. The average Bonchev–Trinajstić information content (AvgIpc) is 2.29. The van der Waals surface area contributed by atoms with E-state index >= 15 is 0 Å². The van der Waals surface area contributed by atoms with Crippen molar-refractivity contribution in [1.29, 1.82) is 0 Å². The maximum absolute atomic E-state index is 7.95. The summed E-state index contributed by atoms with van der Waals surface area (Å²) < 4.78 is 7.95. The summed E-state index contributed by atoms with van der Waals surface area (Å²) in [6.45, 7) is 3.81. The summed E-state index contributed by atoms with van der Waals surface area (Å²) in [5.41, 5.74) is 3.47. The van der Waals surface area contributed by atoms with E-state index in [-0.39, 0.29) is 0 Å². The van der Waals surface area contributed by atoms with Gasteiger partial charge < -0.3 is 0 Å². The SMILES string of the molecule is [2H]C(C)(C)c1ccc(-c2ccccc2)cc1. The highest BCUT2D eigenvalue weighted by Gasteiger charge is 1.99. The van der Waals surface area contributed by atoms with E-state index in [2.05, 4.69) is 24.3 Å². The van der Waals surface area contributed by atoms with Crippen LogP contribution in [0.5, 0.6) is 0 Å². The molecule has 0 unspecified atom stereocenters. The fraction of sp³-hybridized carbons (Fsp3) is 0.200. The van der Waals surface area contributed by atoms with Crippen LogP contribution >= 0.6 is 0 Å². The van der Waals surface area contributed by atoms with Gasteiger partial charge in [0, 0.05) is 1.37 Å². The van der Waals surface area contributed by atoms with Gasteiger partial charge in [0.25, 0.3) is 0 Å². The Balaban J connectivity index is 2.34. The molecule has 0 saturated heterocycles. The third-order valence-corrected chi connectivity index (χ3v) is 2.57. The molecule has 2 aromatic rings. The van der Waals surface area contributed by atoms with Gasteiger partial charge in [0.05, 0.1) is 0 Å². The summed E-state index contributed by atoms with van der Waals surface area (Å²) in [5, 5.41) is 0. The lowest BCUT2D eigenvalue weighted by Gasteiger charge is -2.06. The van der Waals surface area contributed by atoms with Gasteiger partial charge in [-0.1, -0.05) is 68.4 Å². The fourth-order valence-corrected chi connectivity index (χ4v) is 1.63. The second-order valence-electron chi connectivity index (χ2n) is 3.94. The Kier molecular flexibility index (Phi) is 2.51. The normalized spacial score (nSPS) is 12.3. The first-order valence-corrected chi connectivity index (χ1v) is 5.23. The van der Waals surface area contributed by atoms with E-state index in [1.165, 1.54) is 11.1 Å². The first-order valence-electron chi connectivity index (χ1n) is 5.73. The van der Waals surface area contributed by atoms with Crippen LogP contribution in [-0.2, 0) is 0 Å². The zero-order chi connectivity index (χ0) is 11.6. The first kappa shape index (κ1) is 8.72. The Labute approximate surface area is 93.0 Å². The van der Waals surface area contributed by atoms with Gasteiger partial charge in [-0.3, -0.25) is 0 Å². The zero-order valence-electron chi connectivity index (χ0n) is 10.2. The molecule has 0 nitrogen and oxygen atoms in total. The Morgan fingerprint density at radius 3 is 1.87 bits per heavy atom. The van der Waals surface area contributed by atoms with E-state index in [0.29, 0.717) is 0 Å². The lowest BCUT2D eigenvalue weighted by molar-refractivity contribution is 0.867. The molecule has 0 saturated carbocycles. The van der Waals surface area contributed by atoms with Crippen LogP contribution < -0.4 is 0 Å². The van der Waals surface area contributed by atoms with E-state index in [1.54, 1.807) is 0 Å². The van der Waals surface area contributed by atoms with Crippen molar-refractivity contribution < 1.29 is 1.37 Å². The van der Waals surface area contributed by atoms with Crippen molar-refractivity contribution in [3.8, 4) is 11.1 Å². The molecule has 0 spiro atoms. The van der Waals surface area contributed by atoms with E-state index in [1.807, 2.05) is 44.2 Å². The van der Waals surface area contributed by atoms with Gasteiger partial charge in [0.2, 0.25) is 0 Å². The quantitative estimate of drug-likeness (QED) is 0.666. The molecule has 0 aliphatic rings. The van der Waals surface area contributed by atoms with Gasteiger partial charge in [-0.2, -0.15) is 0 Å². The fourth-order valence-electron chi connectivity index (χ4n) is 1.63. The monoisotopic (exact) mass is 197 g/mol. The maximum Gasteiger partial charge on any atom is 0.0347 e. The van der Waals surface area contributed by atoms with E-state index < -0.39 is 5.89 Å². The van der Waals surface area contributed by atoms with Gasteiger partial charge in [-0.25, -0.2) is 0 Å². The van der Waals surface area contributed by atoms with Crippen LogP contribution in [0.3, 0.4) is 0 Å². The predicted octanol–water partition coefficient (Wildman–Crippen LogP) is 4.48. The van der Waals surface area contributed by atoms with Gasteiger partial charge >= 0.3 is 0 Å². The summed E-state index contributed by atoms with van der Waals surface area (Å²) in [6, 6.07) is 18.5. The smallest absolute Gasteiger partial charge is 0.0347 e. The molecular weight excluding hydrogens is 180 g/mol. The third kappa shape index (κ3) is 2.27. The van der Waals surface area contributed by atoms with Crippen LogP contribution in [0.1, 0.15) is 26.7 Å². The zero-order valence-corrected chi connectivity index (χ0v) is 9.20. The largest absolute Gasteiger partial charge is 0.0622 e. The van der Waals surface area contributed by atoms with Gasteiger partial charge in [-0.05, 0) is 22.6 Å². The summed E-state index contributed by atoms with van der Waals surface area (Å²) in [5.74, 6) is -0.519. The minimum absolute atomic E-state index is 0.519. The number of hydrogen-bond donors (Lipinski definition) is 0. The molecule has 0 amide bonds. The molecule has 0 atom stereocenters. The highest BCUT2D eigenvalue weighted by atomic mass is 14.0. The first-order chi connectivity index (χ1) is 7.57. The van der Waals surface area contributed by atoms with Crippen molar-refractivity contribution in [1.82, 2.24) is 0 Å². The van der Waals surface area contributed by atoms with Crippen LogP contribution in [0.15, 0.2) is 54.6 Å². The van der Waals surface area contributed by atoms with E-state index in [4.69, 9.17) is 1.37 Å². The van der Waals surface area contributed by atoms with Crippen molar-refractivity contribution in [2.24, 2.45) is 0 Å². The Morgan fingerprint density at radius 1 is 0.800 bits per heavy atom. The van der Waals surface area contributed by atoms with Gasteiger partial charge in [0.1, 0.15) is 0 Å². The highest BCUT2D eigenvalue weighted by Crippen LogP contribution is 2.22. The average molecular weight is 197 g/mol. The molecular formula is C15H16. The second kappa shape index (κ2) is 4.31. The van der Waals surface area contributed by atoms with Crippen molar-refractivity contribution in [2.75, 3.05) is 0 Å². The molecule has 0 aliphatic carbocycles. The van der Waals surface area contributed by atoms with E-state index in [0.717, 1.165) is 5.56 Å². The van der Waals surface area contributed by atoms with Gasteiger partial charge in [-0.15, -0.1) is 0 Å². The van der Waals surface area contributed by atoms with Crippen LogP contribution in [-0.4, -0.2) is 0 Å². The summed E-state index contributed by atoms with van der Waals surface area (Å²) in [6.07, 6.45) is 0. The summed E-state index contributed by atoms with van der Waals surface area (Å²) in [7, 11) is 0. The molecule has 0 N–H and O–H groups in total. The lowest BCUT2D eigenvalue weighted by Crippen LogP contribution is -1.86. The Bertz CT molecular complexity index is 449. The molecule has 15 heavy (non-hydrogen) atoms. The molecule has 0 aromatic heterocycles. The maximum atomic E-state index is 7.95. The van der Waals surface area contributed by atoms with Crippen molar-refractivity contribution in [2.45, 2.75) is 19.7 Å². The Hall–Kier alpha value is -1.56. The van der Waals surface area contributed by atoms with Crippen LogP contribution in [0.25, 0.3) is 11.1 Å². The molecule has 0 radical (unpaired) electrons. The van der Waals surface area contributed by atoms with Gasteiger partial charge in [0.15, 0.2) is 0 Å². The van der Waals surface area contributed by atoms with Crippen LogP contribution in [0, 0.1) is 0 Å². The number of rotatable bonds is 2. The second-order valence-corrected chi connectivity index (χ2v) is 3.94. The molecule has 2 rings (SSSR count). The third-order valence-electron chi connectivity index (χ3n) is 2.57. The molecule has 2 aromatic carbocycles. The summed E-state index contributed by atoms with van der Waals surface area (Å²) in [4.78, 5) is 0. The molecule has 0 heterocycles. The molecule has 76 valence electrons. The number of hydrogen-bond acceptors (Lipinski definition) is 0. The summed E-state index contributed by atoms with van der Waals surface area (Å²) >= 11 is 0. The van der Waals surface area contributed by atoms with Crippen molar-refractivity contribution >= 4 is 0 Å². The number of benzene rings is 2.